The molecule has 0 aliphatic carbocycles. The number of nitrogens with zero attached hydrogens (tertiary/aromatic N) is 1. The Labute approximate surface area is 116 Å². The third-order valence-electron chi connectivity index (χ3n) is 3.26. The number of hydrogen-bond donors (Lipinski definition) is 0. The average Bonchev–Trinajstić information content (AvgIpc) is 2.41. The second-order valence-electron chi connectivity index (χ2n) is 4.97. The summed E-state index contributed by atoms with van der Waals surface area (Å²) < 4.78 is 4.74. The Balaban J connectivity index is 2.59. The maximum atomic E-state index is 11.4. The lowest BCUT2D eigenvalue weighted by molar-refractivity contribution is -0.139. The van der Waals surface area contributed by atoms with Gasteiger partial charge in [-0.25, -0.2) is 0 Å². The normalized spacial score (nSPS) is 10.7. The molecule has 0 N–H and O–H groups in total. The minimum absolute atomic E-state index is 0.180. The fraction of sp³-hybridized carbons (Fsp3) is 0.562. The van der Waals surface area contributed by atoms with Crippen LogP contribution in [0.3, 0.4) is 0 Å². The summed E-state index contributed by atoms with van der Waals surface area (Å²) in [6.07, 6.45) is 4.10. The Morgan fingerprint density at radius 3 is 2.53 bits per heavy atom. The van der Waals surface area contributed by atoms with Gasteiger partial charge in [0.1, 0.15) is 0 Å². The van der Waals surface area contributed by atoms with Crippen LogP contribution in [0.25, 0.3) is 0 Å². The van der Waals surface area contributed by atoms with Crippen molar-refractivity contribution < 1.29 is 9.53 Å². The molecule has 0 spiro atoms. The molecule has 0 bridgehead atoms. The molecule has 0 unspecified atom stereocenters. The molecule has 1 aromatic carbocycles. The summed E-state index contributed by atoms with van der Waals surface area (Å²) in [5, 5.41) is 0. The van der Waals surface area contributed by atoms with Crippen molar-refractivity contribution in [2.24, 2.45) is 0 Å². The van der Waals surface area contributed by atoms with Gasteiger partial charge >= 0.3 is 5.97 Å². The predicted octanol–water partition coefficient (Wildman–Crippen LogP) is 3.02. The quantitative estimate of drug-likeness (QED) is 0.533. The van der Waals surface area contributed by atoms with Gasteiger partial charge in [-0.1, -0.05) is 44.0 Å². The molecule has 0 amide bonds. The van der Waals surface area contributed by atoms with Gasteiger partial charge in [0.05, 0.1) is 13.5 Å². The minimum Gasteiger partial charge on any atom is -0.469 e. The van der Waals surface area contributed by atoms with E-state index in [1.165, 1.54) is 31.9 Å². The summed E-state index contributed by atoms with van der Waals surface area (Å²) in [7, 11) is 3.56. The summed E-state index contributed by atoms with van der Waals surface area (Å²) in [6.45, 7) is 4.20. The van der Waals surface area contributed by atoms with Gasteiger partial charge < -0.3 is 9.64 Å². The van der Waals surface area contributed by atoms with Crippen molar-refractivity contribution in [1.29, 1.82) is 0 Å². The van der Waals surface area contributed by atoms with Gasteiger partial charge in [0.15, 0.2) is 0 Å². The van der Waals surface area contributed by atoms with E-state index in [-0.39, 0.29) is 5.97 Å². The highest BCUT2D eigenvalue weighted by atomic mass is 16.5. The third-order valence-corrected chi connectivity index (χ3v) is 3.26. The van der Waals surface area contributed by atoms with Crippen molar-refractivity contribution in [2.75, 3.05) is 20.7 Å². The van der Waals surface area contributed by atoms with Crippen LogP contribution in [0.5, 0.6) is 0 Å². The number of methoxy groups -OCH3 is 1. The van der Waals surface area contributed by atoms with E-state index in [0.29, 0.717) is 6.42 Å². The number of ether oxygens (including phenoxy) is 1. The van der Waals surface area contributed by atoms with Gasteiger partial charge in [-0.05, 0) is 31.1 Å². The Bertz CT molecular complexity index is 390. The molecule has 0 saturated heterocycles. The molecule has 0 atom stereocenters. The number of rotatable bonds is 8. The zero-order valence-corrected chi connectivity index (χ0v) is 12.3. The lowest BCUT2D eigenvalue weighted by Gasteiger charge is -2.18. The molecule has 1 aromatic rings. The van der Waals surface area contributed by atoms with Crippen molar-refractivity contribution in [3.63, 3.8) is 0 Å². The molecular weight excluding hydrogens is 238 g/mol. The molecule has 3 heteroatoms. The van der Waals surface area contributed by atoms with Crippen LogP contribution in [-0.2, 0) is 22.5 Å². The molecule has 0 saturated carbocycles. The van der Waals surface area contributed by atoms with Crippen LogP contribution in [0, 0.1) is 0 Å². The molecule has 0 aromatic heterocycles. The fourth-order valence-electron chi connectivity index (χ4n) is 2.11. The van der Waals surface area contributed by atoms with Gasteiger partial charge in [-0.15, -0.1) is 0 Å². The van der Waals surface area contributed by atoms with Crippen molar-refractivity contribution in [3.8, 4) is 0 Å². The number of hydrogen-bond acceptors (Lipinski definition) is 3. The van der Waals surface area contributed by atoms with E-state index in [2.05, 4.69) is 24.9 Å². The van der Waals surface area contributed by atoms with Crippen LogP contribution in [0.2, 0.25) is 0 Å². The van der Waals surface area contributed by atoms with Gasteiger partial charge in [-0.2, -0.15) is 0 Å². The van der Waals surface area contributed by atoms with Crippen molar-refractivity contribution in [3.05, 3.63) is 35.4 Å². The Hall–Kier alpha value is -1.35. The van der Waals surface area contributed by atoms with E-state index < -0.39 is 0 Å². The molecule has 0 fully saturated rings. The molecule has 106 valence electrons. The smallest absolute Gasteiger partial charge is 0.309 e. The average molecular weight is 263 g/mol. The Kier molecular flexibility index (Phi) is 7.19. The fourth-order valence-corrected chi connectivity index (χ4v) is 2.11. The van der Waals surface area contributed by atoms with Crippen LogP contribution in [-0.4, -0.2) is 31.6 Å². The van der Waals surface area contributed by atoms with Crippen LogP contribution < -0.4 is 0 Å². The number of benzene rings is 1. The van der Waals surface area contributed by atoms with Crippen LogP contribution >= 0.6 is 0 Å². The van der Waals surface area contributed by atoms with E-state index in [0.717, 1.165) is 18.7 Å². The maximum absolute atomic E-state index is 11.4. The van der Waals surface area contributed by atoms with E-state index in [9.17, 15) is 4.79 Å². The highest BCUT2D eigenvalue weighted by Crippen LogP contribution is 2.13. The van der Waals surface area contributed by atoms with Crippen molar-refractivity contribution >= 4 is 5.97 Å². The molecular formula is C16H25NO2. The topological polar surface area (TPSA) is 29.5 Å². The highest BCUT2D eigenvalue weighted by molar-refractivity contribution is 5.72. The van der Waals surface area contributed by atoms with Gasteiger partial charge in [0.2, 0.25) is 0 Å². The molecule has 0 heterocycles. The molecule has 19 heavy (non-hydrogen) atoms. The lowest BCUT2D eigenvalue weighted by atomic mass is 10.0. The largest absolute Gasteiger partial charge is 0.469 e. The lowest BCUT2D eigenvalue weighted by Crippen LogP contribution is -2.20. The van der Waals surface area contributed by atoms with E-state index in [1.807, 2.05) is 18.2 Å². The first-order chi connectivity index (χ1) is 9.17. The standard InChI is InChI=1S/C16H25NO2/c1-4-5-8-11-17(2)13-15-10-7-6-9-14(15)12-16(18)19-3/h6-7,9-10H,4-5,8,11-13H2,1-3H3. The van der Waals surface area contributed by atoms with E-state index in [1.54, 1.807) is 0 Å². The third kappa shape index (κ3) is 5.88. The van der Waals surface area contributed by atoms with E-state index in [4.69, 9.17) is 4.74 Å². The first kappa shape index (κ1) is 15.7. The summed E-state index contributed by atoms with van der Waals surface area (Å²) >= 11 is 0. The van der Waals surface area contributed by atoms with Crippen molar-refractivity contribution in [1.82, 2.24) is 4.90 Å². The summed E-state index contributed by atoms with van der Waals surface area (Å²) in [5.74, 6) is -0.180. The zero-order chi connectivity index (χ0) is 14.1. The van der Waals surface area contributed by atoms with Crippen LogP contribution in [0.15, 0.2) is 24.3 Å². The van der Waals surface area contributed by atoms with Gasteiger partial charge in [-0.3, -0.25) is 4.79 Å². The molecule has 0 aliphatic rings. The first-order valence-electron chi connectivity index (χ1n) is 6.99. The Morgan fingerprint density at radius 2 is 1.89 bits per heavy atom. The molecule has 0 aliphatic heterocycles. The number of carbonyl (C=O) groups excluding carboxylic acids is 1. The number of unbranched alkanes of at least 4 members (excludes halogenated alkanes) is 2. The van der Waals surface area contributed by atoms with Crippen LogP contribution in [0.1, 0.15) is 37.3 Å². The van der Waals surface area contributed by atoms with Gasteiger partial charge in [0, 0.05) is 6.54 Å². The molecule has 0 radical (unpaired) electrons. The summed E-state index contributed by atoms with van der Waals surface area (Å²) in [6, 6.07) is 8.09. The first-order valence-corrected chi connectivity index (χ1v) is 6.99. The summed E-state index contributed by atoms with van der Waals surface area (Å²) in [5.41, 5.74) is 2.28. The summed E-state index contributed by atoms with van der Waals surface area (Å²) in [4.78, 5) is 13.7. The maximum Gasteiger partial charge on any atom is 0.309 e. The number of carbonyl (C=O) groups is 1. The molecule has 1 rings (SSSR count). The van der Waals surface area contributed by atoms with E-state index >= 15 is 0 Å². The number of esters is 1. The monoisotopic (exact) mass is 263 g/mol. The highest BCUT2D eigenvalue weighted by Gasteiger charge is 2.09. The molecule has 3 nitrogen and oxygen atoms in total. The zero-order valence-electron chi connectivity index (χ0n) is 12.3. The second kappa shape index (κ2) is 8.70. The van der Waals surface area contributed by atoms with Gasteiger partial charge in [0.25, 0.3) is 0 Å². The second-order valence-corrected chi connectivity index (χ2v) is 4.97. The van der Waals surface area contributed by atoms with Crippen LogP contribution in [0.4, 0.5) is 0 Å². The Morgan fingerprint density at radius 1 is 1.21 bits per heavy atom. The van der Waals surface area contributed by atoms with Crippen molar-refractivity contribution in [2.45, 2.75) is 39.2 Å². The predicted molar refractivity (Wildman–Crippen MR) is 78.0 cm³/mol. The minimum atomic E-state index is -0.180. The SMILES string of the molecule is CCCCCN(C)Cc1ccccc1CC(=O)OC.